The highest BCUT2D eigenvalue weighted by Crippen LogP contribution is 2.22. The summed E-state index contributed by atoms with van der Waals surface area (Å²) in [6, 6.07) is 23.2. The molecule has 0 aliphatic carbocycles. The Kier molecular flexibility index (Phi) is 5.28. The first-order valence-electron chi connectivity index (χ1n) is 7.93. The lowest BCUT2D eigenvalue weighted by atomic mass is 10.0. The van der Waals surface area contributed by atoms with Gasteiger partial charge in [0, 0.05) is 17.2 Å². The molecule has 0 bridgehead atoms. The smallest absolute Gasteiger partial charge is 0.258 e. The largest absolute Gasteiger partial charge is 0.289 e. The fraction of sp³-hybridized carbons (Fsp3) is 0. The number of hydrazone groups is 1. The predicted octanol–water partition coefficient (Wildman–Crippen LogP) is 3.33. The maximum absolute atomic E-state index is 12.6. The van der Waals surface area contributed by atoms with E-state index in [0.29, 0.717) is 16.8 Å². The van der Waals surface area contributed by atoms with Crippen molar-refractivity contribution in [2.75, 3.05) is 0 Å². The number of hydrogen-bond donors (Lipinski definition) is 1. The zero-order valence-corrected chi connectivity index (χ0v) is 14.8. The van der Waals surface area contributed by atoms with Crippen molar-refractivity contribution in [3.05, 3.63) is 106 Å². The van der Waals surface area contributed by atoms with E-state index in [-0.39, 0.29) is 0 Å². The second kappa shape index (κ2) is 7.79. The summed E-state index contributed by atoms with van der Waals surface area (Å²) in [6.45, 7) is 0. The van der Waals surface area contributed by atoms with Crippen LogP contribution in [0.25, 0.3) is 0 Å². The van der Waals surface area contributed by atoms with Gasteiger partial charge in [0.05, 0.1) is 10.6 Å². The highest BCUT2D eigenvalue weighted by Gasteiger charge is 2.25. The van der Waals surface area contributed by atoms with Crippen LogP contribution in [0.15, 0.2) is 94.9 Å². The molecule has 1 N–H and O–H groups in total. The number of benzene rings is 3. The summed E-state index contributed by atoms with van der Waals surface area (Å²) in [4.78, 5) is 12.1. The van der Waals surface area contributed by atoms with Gasteiger partial charge in [-0.25, -0.2) is 0 Å². The van der Waals surface area contributed by atoms with Crippen LogP contribution in [-0.4, -0.2) is 19.1 Å². The van der Waals surface area contributed by atoms with Gasteiger partial charge < -0.3 is 0 Å². The van der Waals surface area contributed by atoms with E-state index in [2.05, 4.69) is 9.93 Å². The first-order chi connectivity index (χ1) is 13.0. The van der Waals surface area contributed by atoms with Gasteiger partial charge in [-0.15, -0.1) is 0 Å². The van der Waals surface area contributed by atoms with Crippen LogP contribution in [0.2, 0.25) is 0 Å². The lowest BCUT2D eigenvalue weighted by molar-refractivity contribution is -0.387. The second-order valence-electron chi connectivity index (χ2n) is 5.51. The number of nitrogens with one attached hydrogen (secondary N) is 1. The normalized spacial score (nSPS) is 10.8. The molecule has 0 spiro atoms. The van der Waals surface area contributed by atoms with Crippen molar-refractivity contribution in [1.29, 1.82) is 0 Å². The molecule has 27 heavy (non-hydrogen) atoms. The van der Waals surface area contributed by atoms with Crippen LogP contribution in [0.4, 0.5) is 5.69 Å². The van der Waals surface area contributed by atoms with E-state index < -0.39 is 25.5 Å². The van der Waals surface area contributed by atoms with Crippen molar-refractivity contribution in [1.82, 2.24) is 4.83 Å². The molecule has 3 rings (SSSR count). The summed E-state index contributed by atoms with van der Waals surface area (Å²) in [5, 5.41) is 15.2. The molecule has 0 saturated carbocycles. The molecule has 136 valence electrons. The van der Waals surface area contributed by atoms with Crippen LogP contribution in [0.1, 0.15) is 11.1 Å². The lowest BCUT2D eigenvalue weighted by Gasteiger charge is -2.09. The van der Waals surface area contributed by atoms with Crippen molar-refractivity contribution in [3.8, 4) is 0 Å². The summed E-state index contributed by atoms with van der Waals surface area (Å²) >= 11 is 0. The van der Waals surface area contributed by atoms with Crippen molar-refractivity contribution in [3.63, 3.8) is 0 Å². The zero-order valence-electron chi connectivity index (χ0n) is 14.0. The molecule has 7 nitrogen and oxygen atoms in total. The number of rotatable bonds is 6. The van der Waals surface area contributed by atoms with Crippen LogP contribution in [-0.2, 0) is 10.0 Å². The number of hydrogen-bond acceptors (Lipinski definition) is 5. The molecule has 0 aliphatic rings. The average molecular weight is 381 g/mol. The molecule has 3 aromatic rings. The molecule has 0 atom stereocenters. The Morgan fingerprint density at radius 1 is 0.815 bits per heavy atom. The molecule has 0 aliphatic heterocycles. The Balaban J connectivity index is 2.04. The van der Waals surface area contributed by atoms with Gasteiger partial charge in [-0.2, -0.15) is 18.4 Å². The van der Waals surface area contributed by atoms with E-state index >= 15 is 0 Å². The number of nitrogens with zero attached hydrogens (tertiary/aromatic N) is 2. The van der Waals surface area contributed by atoms with Crippen LogP contribution < -0.4 is 4.83 Å². The highest BCUT2D eigenvalue weighted by molar-refractivity contribution is 7.89. The number of nitro groups is 1. The number of sulfonamides is 1. The predicted molar refractivity (Wildman–Crippen MR) is 102 cm³/mol. The Morgan fingerprint density at radius 2 is 1.30 bits per heavy atom. The molecule has 0 amide bonds. The Morgan fingerprint density at radius 3 is 1.81 bits per heavy atom. The van der Waals surface area contributed by atoms with Gasteiger partial charge in [0.15, 0.2) is 4.90 Å². The summed E-state index contributed by atoms with van der Waals surface area (Å²) in [5.74, 6) is 0. The standard InChI is InChI=1S/C19H15N3O4S/c23-22(24)17-13-7-8-14-18(17)27(25,26)21-20-19(15-9-3-1-4-10-15)16-11-5-2-6-12-16/h1-14,21H. The summed E-state index contributed by atoms with van der Waals surface area (Å²) in [5.41, 5.74) is 1.29. The number of para-hydroxylation sites is 1. The first-order valence-corrected chi connectivity index (χ1v) is 9.41. The van der Waals surface area contributed by atoms with Crippen LogP contribution in [0, 0.1) is 10.1 Å². The minimum absolute atomic E-state index is 0.401. The molecule has 3 aromatic carbocycles. The van der Waals surface area contributed by atoms with E-state index in [1.807, 2.05) is 36.4 Å². The lowest BCUT2D eigenvalue weighted by Crippen LogP contribution is -2.22. The maximum atomic E-state index is 12.6. The van der Waals surface area contributed by atoms with Crippen LogP contribution in [0.3, 0.4) is 0 Å². The van der Waals surface area contributed by atoms with E-state index in [4.69, 9.17) is 0 Å². The third-order valence-electron chi connectivity index (χ3n) is 3.72. The van der Waals surface area contributed by atoms with Gasteiger partial charge >= 0.3 is 0 Å². The molecule has 0 aromatic heterocycles. The third-order valence-corrected chi connectivity index (χ3v) is 4.98. The molecule has 0 unspecified atom stereocenters. The third kappa shape index (κ3) is 4.18. The molecule has 0 heterocycles. The molecule has 0 radical (unpaired) electrons. The van der Waals surface area contributed by atoms with E-state index in [9.17, 15) is 18.5 Å². The summed E-state index contributed by atoms with van der Waals surface area (Å²) in [7, 11) is -4.23. The molecule has 0 fully saturated rings. The fourth-order valence-corrected chi connectivity index (χ4v) is 3.46. The van der Waals surface area contributed by atoms with Crippen LogP contribution >= 0.6 is 0 Å². The minimum atomic E-state index is -4.23. The van der Waals surface area contributed by atoms with Crippen LogP contribution in [0.5, 0.6) is 0 Å². The number of nitro benzene ring substituents is 1. The van der Waals surface area contributed by atoms with Gasteiger partial charge in [-0.05, 0) is 6.07 Å². The van der Waals surface area contributed by atoms with Crippen molar-refractivity contribution in [2.45, 2.75) is 4.90 Å². The Bertz CT molecular complexity index is 1040. The second-order valence-corrected chi connectivity index (χ2v) is 7.14. The van der Waals surface area contributed by atoms with Gasteiger partial charge in [-0.3, -0.25) is 10.1 Å². The molecular formula is C19H15N3O4S. The fourth-order valence-electron chi connectivity index (χ4n) is 2.48. The Hall–Kier alpha value is -3.52. The van der Waals surface area contributed by atoms with Crippen molar-refractivity contribution >= 4 is 21.4 Å². The van der Waals surface area contributed by atoms with Gasteiger partial charge in [0.2, 0.25) is 0 Å². The Labute approximate surface area is 156 Å². The van der Waals surface area contributed by atoms with E-state index in [1.165, 1.54) is 18.2 Å². The summed E-state index contributed by atoms with van der Waals surface area (Å²) < 4.78 is 25.2. The average Bonchev–Trinajstić information content (AvgIpc) is 2.70. The summed E-state index contributed by atoms with van der Waals surface area (Å²) in [6.07, 6.45) is 0. The van der Waals surface area contributed by atoms with Gasteiger partial charge in [-0.1, -0.05) is 72.8 Å². The van der Waals surface area contributed by atoms with E-state index in [1.54, 1.807) is 24.3 Å². The molecule has 0 saturated heterocycles. The van der Waals surface area contributed by atoms with Gasteiger partial charge in [0.1, 0.15) is 0 Å². The SMILES string of the molecule is O=[N+]([O-])c1ccccc1S(=O)(=O)NN=C(c1ccccc1)c1ccccc1. The quantitative estimate of drug-likeness (QED) is 0.402. The van der Waals surface area contributed by atoms with E-state index in [0.717, 1.165) is 6.07 Å². The molecular weight excluding hydrogens is 366 g/mol. The topological polar surface area (TPSA) is 102 Å². The zero-order chi connectivity index (χ0) is 19.3. The molecule has 8 heteroatoms. The monoisotopic (exact) mass is 381 g/mol. The maximum Gasteiger partial charge on any atom is 0.289 e. The highest BCUT2D eigenvalue weighted by atomic mass is 32.2. The van der Waals surface area contributed by atoms with Crippen molar-refractivity contribution < 1.29 is 13.3 Å². The first kappa shape index (κ1) is 18.3. The minimum Gasteiger partial charge on any atom is -0.258 e. The van der Waals surface area contributed by atoms with Crippen molar-refractivity contribution in [2.24, 2.45) is 5.10 Å². The van der Waals surface area contributed by atoms with Gasteiger partial charge in [0.25, 0.3) is 15.7 Å².